The minimum Gasteiger partial charge on any atom is -0.481 e. The topological polar surface area (TPSA) is 114 Å². The van der Waals surface area contributed by atoms with E-state index in [-0.39, 0.29) is 38.1 Å². The highest BCUT2D eigenvalue weighted by atomic mass is 16.5. The van der Waals surface area contributed by atoms with Gasteiger partial charge in [0.1, 0.15) is 6.61 Å². The molecular formula is C25H28N2O6. The number of nitrogens with one attached hydrogen (secondary N) is 2. The Morgan fingerprint density at radius 1 is 1.03 bits per heavy atom. The van der Waals surface area contributed by atoms with E-state index in [2.05, 4.69) is 22.8 Å². The fraction of sp³-hybridized carbons (Fsp3) is 0.400. The molecule has 1 fully saturated rings. The van der Waals surface area contributed by atoms with E-state index in [1.807, 2.05) is 36.4 Å². The fourth-order valence-electron chi connectivity index (χ4n) is 4.59. The second-order valence-corrected chi connectivity index (χ2v) is 9.16. The van der Waals surface area contributed by atoms with Crippen LogP contribution >= 0.6 is 0 Å². The summed E-state index contributed by atoms with van der Waals surface area (Å²) in [4.78, 5) is 36.3. The Labute approximate surface area is 192 Å². The van der Waals surface area contributed by atoms with Crippen molar-refractivity contribution in [2.45, 2.75) is 37.8 Å². The zero-order chi connectivity index (χ0) is 23.6. The largest absolute Gasteiger partial charge is 0.481 e. The predicted molar refractivity (Wildman–Crippen MR) is 121 cm³/mol. The lowest BCUT2D eigenvalue weighted by Gasteiger charge is -2.27. The van der Waals surface area contributed by atoms with Crippen LogP contribution in [-0.4, -0.2) is 54.5 Å². The molecule has 1 heterocycles. The molecule has 2 aromatic rings. The molecule has 0 bridgehead atoms. The van der Waals surface area contributed by atoms with Gasteiger partial charge in [-0.1, -0.05) is 48.5 Å². The van der Waals surface area contributed by atoms with Gasteiger partial charge in [0.05, 0.1) is 31.6 Å². The number of amides is 2. The summed E-state index contributed by atoms with van der Waals surface area (Å²) in [5.41, 5.74) is 3.61. The molecule has 1 aliphatic carbocycles. The summed E-state index contributed by atoms with van der Waals surface area (Å²) in [6.45, 7) is 3.78. The second kappa shape index (κ2) is 9.23. The van der Waals surface area contributed by atoms with Crippen molar-refractivity contribution >= 4 is 18.0 Å². The summed E-state index contributed by atoms with van der Waals surface area (Å²) in [6.07, 6.45) is -0.827. The number of ether oxygens (including phenoxy) is 2. The van der Waals surface area contributed by atoms with E-state index in [1.54, 1.807) is 13.8 Å². The molecule has 2 unspecified atom stereocenters. The van der Waals surface area contributed by atoms with Crippen molar-refractivity contribution in [3.05, 3.63) is 59.7 Å². The van der Waals surface area contributed by atoms with Crippen molar-refractivity contribution in [1.29, 1.82) is 0 Å². The van der Waals surface area contributed by atoms with E-state index in [4.69, 9.17) is 14.6 Å². The summed E-state index contributed by atoms with van der Waals surface area (Å²) in [7, 11) is 0. The Hall–Kier alpha value is -3.39. The highest BCUT2D eigenvalue weighted by molar-refractivity contribution is 5.82. The van der Waals surface area contributed by atoms with Gasteiger partial charge in [-0.05, 0) is 36.1 Å². The maximum atomic E-state index is 12.7. The zero-order valence-electron chi connectivity index (χ0n) is 18.7. The lowest BCUT2D eigenvalue weighted by atomic mass is 9.97. The molecule has 0 aromatic heterocycles. The van der Waals surface area contributed by atoms with E-state index >= 15 is 0 Å². The van der Waals surface area contributed by atoms with Gasteiger partial charge >= 0.3 is 12.1 Å². The molecule has 1 saturated heterocycles. The third-order valence-electron chi connectivity index (χ3n) is 6.12. The molecule has 33 heavy (non-hydrogen) atoms. The smallest absolute Gasteiger partial charge is 0.407 e. The Balaban J connectivity index is 1.36. The molecule has 2 amide bonds. The van der Waals surface area contributed by atoms with E-state index in [9.17, 15) is 14.4 Å². The average molecular weight is 453 g/mol. The number of carbonyl (C=O) groups is 3. The van der Waals surface area contributed by atoms with Crippen molar-refractivity contribution in [3.63, 3.8) is 0 Å². The van der Waals surface area contributed by atoms with Crippen LogP contribution in [0.5, 0.6) is 0 Å². The zero-order valence-corrected chi connectivity index (χ0v) is 18.7. The standard InChI is InChI=1S/C25H28N2O6/c1-25(2,11-22(28)29)27-23(30)20-12-32-14-21(20)26-24(31)33-13-19-17-9-5-3-7-15(17)16-8-4-6-10-18(16)19/h3-10,19-21H,11-14H2,1-2H3,(H,26,31)(H,27,30)(H,28,29). The van der Waals surface area contributed by atoms with Crippen molar-refractivity contribution in [3.8, 4) is 11.1 Å². The first-order chi connectivity index (χ1) is 15.7. The van der Waals surface area contributed by atoms with E-state index in [1.165, 1.54) is 0 Å². The van der Waals surface area contributed by atoms with Gasteiger partial charge in [0, 0.05) is 11.5 Å². The molecule has 8 nitrogen and oxygen atoms in total. The van der Waals surface area contributed by atoms with Crippen molar-refractivity contribution in [1.82, 2.24) is 10.6 Å². The SMILES string of the molecule is CC(C)(CC(=O)O)NC(=O)C1COCC1NC(=O)OCC1c2ccccc2-c2ccccc21. The Kier molecular flexibility index (Phi) is 6.37. The van der Waals surface area contributed by atoms with Gasteiger partial charge in [-0.15, -0.1) is 0 Å². The number of carbonyl (C=O) groups excluding carboxylic acids is 2. The molecule has 4 rings (SSSR count). The summed E-state index contributed by atoms with van der Waals surface area (Å²) in [5.74, 6) is -2.04. The monoisotopic (exact) mass is 452 g/mol. The number of carboxylic acids is 1. The van der Waals surface area contributed by atoms with E-state index in [0.717, 1.165) is 22.3 Å². The van der Waals surface area contributed by atoms with Crippen LogP contribution < -0.4 is 10.6 Å². The molecule has 0 saturated carbocycles. The lowest BCUT2D eigenvalue weighted by molar-refractivity contribution is -0.139. The maximum absolute atomic E-state index is 12.7. The van der Waals surface area contributed by atoms with Crippen LogP contribution in [0, 0.1) is 5.92 Å². The summed E-state index contributed by atoms with van der Waals surface area (Å²) in [6, 6.07) is 15.6. The number of aliphatic carboxylic acids is 1. The van der Waals surface area contributed by atoms with Gasteiger partial charge in [-0.2, -0.15) is 0 Å². The van der Waals surface area contributed by atoms with Crippen LogP contribution in [0.3, 0.4) is 0 Å². The van der Waals surface area contributed by atoms with Crippen molar-refractivity contribution < 1.29 is 29.0 Å². The second-order valence-electron chi connectivity index (χ2n) is 9.16. The van der Waals surface area contributed by atoms with Crippen LogP contribution in [-0.2, 0) is 19.1 Å². The molecule has 2 aliphatic rings. The van der Waals surface area contributed by atoms with Crippen LogP contribution in [0.1, 0.15) is 37.3 Å². The molecule has 0 radical (unpaired) electrons. The number of hydrogen-bond donors (Lipinski definition) is 3. The minimum atomic E-state index is -1.00. The molecule has 3 N–H and O–H groups in total. The highest BCUT2D eigenvalue weighted by Crippen LogP contribution is 2.44. The van der Waals surface area contributed by atoms with Crippen LogP contribution in [0.4, 0.5) is 4.79 Å². The predicted octanol–water partition coefficient (Wildman–Crippen LogP) is 2.91. The maximum Gasteiger partial charge on any atom is 0.407 e. The fourth-order valence-corrected chi connectivity index (χ4v) is 4.59. The van der Waals surface area contributed by atoms with Crippen molar-refractivity contribution in [2.24, 2.45) is 5.92 Å². The third kappa shape index (κ3) is 5.01. The average Bonchev–Trinajstić information content (AvgIpc) is 3.33. The number of rotatable bonds is 7. The highest BCUT2D eigenvalue weighted by Gasteiger charge is 2.38. The first-order valence-electron chi connectivity index (χ1n) is 11.0. The van der Waals surface area contributed by atoms with Crippen LogP contribution in [0.2, 0.25) is 0 Å². The van der Waals surface area contributed by atoms with Gasteiger partial charge in [0.15, 0.2) is 0 Å². The Morgan fingerprint density at radius 2 is 1.64 bits per heavy atom. The lowest BCUT2D eigenvalue weighted by Crippen LogP contribution is -2.52. The van der Waals surface area contributed by atoms with Gasteiger partial charge in [0.2, 0.25) is 5.91 Å². The summed E-state index contributed by atoms with van der Waals surface area (Å²) >= 11 is 0. The Bertz CT molecular complexity index is 1020. The molecule has 174 valence electrons. The Morgan fingerprint density at radius 3 is 2.24 bits per heavy atom. The number of benzene rings is 2. The van der Waals surface area contributed by atoms with Gasteiger partial charge < -0.3 is 25.2 Å². The van der Waals surface area contributed by atoms with Crippen LogP contribution in [0.15, 0.2) is 48.5 Å². The number of carboxylic acid groups (broad SMARTS) is 1. The van der Waals surface area contributed by atoms with E-state index < -0.39 is 29.6 Å². The molecular weight excluding hydrogens is 424 g/mol. The van der Waals surface area contributed by atoms with E-state index in [0.29, 0.717) is 0 Å². The van der Waals surface area contributed by atoms with Crippen molar-refractivity contribution in [2.75, 3.05) is 19.8 Å². The van der Waals surface area contributed by atoms with Gasteiger partial charge in [-0.25, -0.2) is 4.79 Å². The molecule has 0 spiro atoms. The molecule has 2 aromatic carbocycles. The quantitative estimate of drug-likeness (QED) is 0.595. The minimum absolute atomic E-state index is 0.0566. The van der Waals surface area contributed by atoms with Crippen LogP contribution in [0.25, 0.3) is 11.1 Å². The summed E-state index contributed by atoms with van der Waals surface area (Å²) in [5, 5.41) is 14.5. The number of hydrogen-bond acceptors (Lipinski definition) is 5. The first-order valence-corrected chi connectivity index (χ1v) is 11.0. The van der Waals surface area contributed by atoms with Gasteiger partial charge in [0.25, 0.3) is 0 Å². The molecule has 2 atom stereocenters. The third-order valence-corrected chi connectivity index (χ3v) is 6.12. The molecule has 1 aliphatic heterocycles. The molecule has 8 heteroatoms. The number of alkyl carbamates (subject to hydrolysis) is 1. The first kappa shape index (κ1) is 22.8. The normalized spacial score (nSPS) is 19.5. The summed E-state index contributed by atoms with van der Waals surface area (Å²) < 4.78 is 11.0. The van der Waals surface area contributed by atoms with Gasteiger partial charge in [-0.3, -0.25) is 9.59 Å². The number of fused-ring (bicyclic) bond motifs is 3.